The van der Waals surface area contributed by atoms with Crippen molar-refractivity contribution in [2.45, 2.75) is 6.42 Å². The summed E-state index contributed by atoms with van der Waals surface area (Å²) < 4.78 is 0. The van der Waals surface area contributed by atoms with Crippen molar-refractivity contribution in [2.75, 3.05) is 0 Å². The standard InChI is InChI=1S/C17H15Cl2N5/c18-10-5-6-13(14(19)9-10)16-12(7-8-22-24-17(20)21)11-3-1-2-4-15(11)23-16/h1-6,8-9,23H,7H2,(H4,20,21,24). The number of aromatic nitrogens is 1. The molecular weight excluding hydrogens is 345 g/mol. The first-order valence-electron chi connectivity index (χ1n) is 7.21. The Labute approximate surface area is 149 Å². The van der Waals surface area contributed by atoms with Gasteiger partial charge in [0.25, 0.3) is 0 Å². The highest BCUT2D eigenvalue weighted by molar-refractivity contribution is 6.36. The zero-order chi connectivity index (χ0) is 17.1. The van der Waals surface area contributed by atoms with Gasteiger partial charge in [-0.25, -0.2) is 0 Å². The molecule has 0 radical (unpaired) electrons. The van der Waals surface area contributed by atoms with Crippen LogP contribution in [0.1, 0.15) is 5.56 Å². The summed E-state index contributed by atoms with van der Waals surface area (Å²) in [6.45, 7) is 0. The Bertz CT molecular complexity index is 939. The highest BCUT2D eigenvalue weighted by atomic mass is 35.5. The topological polar surface area (TPSA) is 92.6 Å². The van der Waals surface area contributed by atoms with Crippen LogP contribution in [0.2, 0.25) is 10.0 Å². The van der Waals surface area contributed by atoms with E-state index in [0.717, 1.165) is 27.7 Å². The average Bonchev–Trinajstić information content (AvgIpc) is 2.90. The van der Waals surface area contributed by atoms with Gasteiger partial charge < -0.3 is 16.5 Å². The number of fused-ring (bicyclic) bond motifs is 1. The number of hydrogen-bond donors (Lipinski definition) is 3. The van der Waals surface area contributed by atoms with Crippen LogP contribution in [-0.4, -0.2) is 17.2 Å². The minimum Gasteiger partial charge on any atom is -0.369 e. The molecule has 0 bridgehead atoms. The van der Waals surface area contributed by atoms with Crippen LogP contribution in [0.4, 0.5) is 0 Å². The number of halogens is 2. The van der Waals surface area contributed by atoms with E-state index in [9.17, 15) is 0 Å². The molecule has 0 saturated heterocycles. The highest BCUT2D eigenvalue weighted by Crippen LogP contribution is 2.35. The molecule has 0 fully saturated rings. The van der Waals surface area contributed by atoms with Crippen molar-refractivity contribution < 1.29 is 0 Å². The Morgan fingerprint density at radius 1 is 1.12 bits per heavy atom. The lowest BCUT2D eigenvalue weighted by molar-refractivity contribution is 1.19. The molecule has 24 heavy (non-hydrogen) atoms. The van der Waals surface area contributed by atoms with Gasteiger partial charge in [-0.3, -0.25) is 0 Å². The quantitative estimate of drug-likeness (QED) is 0.373. The summed E-state index contributed by atoms with van der Waals surface area (Å²) in [4.78, 5) is 3.42. The summed E-state index contributed by atoms with van der Waals surface area (Å²) in [6, 6.07) is 13.4. The summed E-state index contributed by atoms with van der Waals surface area (Å²) in [5, 5.41) is 9.76. The zero-order valence-electron chi connectivity index (χ0n) is 12.6. The van der Waals surface area contributed by atoms with E-state index in [1.807, 2.05) is 36.4 Å². The van der Waals surface area contributed by atoms with Crippen molar-refractivity contribution in [1.82, 2.24) is 4.98 Å². The number of benzene rings is 2. The Hall–Kier alpha value is -2.50. The van der Waals surface area contributed by atoms with Crippen LogP contribution in [0.3, 0.4) is 0 Å². The van der Waals surface area contributed by atoms with Crippen LogP contribution in [0.15, 0.2) is 52.7 Å². The van der Waals surface area contributed by atoms with Crippen molar-refractivity contribution >= 4 is 46.3 Å². The summed E-state index contributed by atoms with van der Waals surface area (Å²) in [5.74, 6) is -0.0776. The van der Waals surface area contributed by atoms with E-state index in [0.29, 0.717) is 16.5 Å². The minimum atomic E-state index is -0.0776. The van der Waals surface area contributed by atoms with Crippen LogP contribution in [-0.2, 0) is 6.42 Å². The number of para-hydroxylation sites is 1. The van der Waals surface area contributed by atoms with Gasteiger partial charge in [-0.2, -0.15) is 5.10 Å². The van der Waals surface area contributed by atoms with Crippen LogP contribution < -0.4 is 11.5 Å². The van der Waals surface area contributed by atoms with Gasteiger partial charge in [0, 0.05) is 34.1 Å². The van der Waals surface area contributed by atoms with E-state index in [4.69, 9.17) is 34.7 Å². The molecule has 0 aliphatic rings. The predicted octanol–water partition coefficient (Wildman–Crippen LogP) is 3.94. The fraction of sp³-hybridized carbons (Fsp3) is 0.0588. The first kappa shape index (κ1) is 16.4. The maximum Gasteiger partial charge on any atom is 0.211 e. The van der Waals surface area contributed by atoms with Crippen molar-refractivity contribution in [2.24, 2.45) is 21.7 Å². The van der Waals surface area contributed by atoms with Gasteiger partial charge in [0.1, 0.15) is 0 Å². The molecule has 0 atom stereocenters. The molecule has 3 aromatic rings. The maximum atomic E-state index is 6.37. The van der Waals surface area contributed by atoms with E-state index in [1.165, 1.54) is 0 Å². The molecular formula is C17H15Cl2N5. The molecule has 0 aliphatic heterocycles. The fourth-order valence-corrected chi connectivity index (χ4v) is 3.08. The van der Waals surface area contributed by atoms with Crippen LogP contribution in [0.25, 0.3) is 22.2 Å². The Balaban J connectivity index is 2.11. The van der Waals surface area contributed by atoms with Gasteiger partial charge in [-0.15, -0.1) is 5.10 Å². The molecule has 3 rings (SSSR count). The predicted molar refractivity (Wildman–Crippen MR) is 102 cm³/mol. The van der Waals surface area contributed by atoms with Gasteiger partial charge in [-0.1, -0.05) is 41.4 Å². The van der Waals surface area contributed by atoms with Gasteiger partial charge in [0.05, 0.1) is 10.7 Å². The third-order valence-corrected chi connectivity index (χ3v) is 4.11. The number of guanidine groups is 1. The maximum absolute atomic E-state index is 6.37. The third kappa shape index (κ3) is 3.37. The second kappa shape index (κ2) is 6.95. The van der Waals surface area contributed by atoms with Gasteiger partial charge in [0.2, 0.25) is 5.96 Å². The molecule has 0 saturated carbocycles. The molecule has 0 aliphatic carbocycles. The first-order valence-corrected chi connectivity index (χ1v) is 7.97. The van der Waals surface area contributed by atoms with Crippen molar-refractivity contribution in [3.05, 3.63) is 58.1 Å². The molecule has 5 N–H and O–H groups in total. The largest absolute Gasteiger partial charge is 0.369 e. The lowest BCUT2D eigenvalue weighted by Gasteiger charge is -2.06. The lowest BCUT2D eigenvalue weighted by Crippen LogP contribution is -2.21. The fourth-order valence-electron chi connectivity index (χ4n) is 2.57. The number of rotatable bonds is 4. The molecule has 2 aromatic carbocycles. The Morgan fingerprint density at radius 2 is 1.92 bits per heavy atom. The summed E-state index contributed by atoms with van der Waals surface area (Å²) in [7, 11) is 0. The zero-order valence-corrected chi connectivity index (χ0v) is 14.1. The van der Waals surface area contributed by atoms with Crippen molar-refractivity contribution in [1.29, 1.82) is 0 Å². The molecule has 1 aromatic heterocycles. The van der Waals surface area contributed by atoms with E-state index < -0.39 is 0 Å². The summed E-state index contributed by atoms with van der Waals surface area (Å²) in [5.41, 5.74) is 14.4. The smallest absolute Gasteiger partial charge is 0.211 e. The molecule has 1 heterocycles. The molecule has 0 amide bonds. The van der Waals surface area contributed by atoms with E-state index in [2.05, 4.69) is 15.2 Å². The molecule has 7 heteroatoms. The number of nitrogens with one attached hydrogen (secondary N) is 1. The molecule has 0 unspecified atom stereocenters. The number of aromatic amines is 1. The van der Waals surface area contributed by atoms with Crippen LogP contribution >= 0.6 is 23.2 Å². The second-order valence-electron chi connectivity index (χ2n) is 5.18. The number of nitrogens with zero attached hydrogens (tertiary/aromatic N) is 2. The monoisotopic (exact) mass is 359 g/mol. The second-order valence-corrected chi connectivity index (χ2v) is 6.02. The SMILES string of the molecule is NC(N)=NN=CCc1c(-c2ccc(Cl)cc2Cl)[nH]c2ccccc12. The Kier molecular flexibility index (Phi) is 4.74. The van der Waals surface area contributed by atoms with Crippen molar-refractivity contribution in [3.8, 4) is 11.3 Å². The van der Waals surface area contributed by atoms with Gasteiger partial charge in [0.15, 0.2) is 0 Å². The van der Waals surface area contributed by atoms with Crippen molar-refractivity contribution in [3.63, 3.8) is 0 Å². The average molecular weight is 360 g/mol. The van der Waals surface area contributed by atoms with Gasteiger partial charge in [-0.05, 0) is 29.8 Å². The van der Waals surface area contributed by atoms with Crippen LogP contribution in [0.5, 0.6) is 0 Å². The highest BCUT2D eigenvalue weighted by Gasteiger charge is 2.14. The molecule has 122 valence electrons. The van der Waals surface area contributed by atoms with E-state index >= 15 is 0 Å². The number of nitrogens with two attached hydrogens (primary N) is 2. The summed E-state index contributed by atoms with van der Waals surface area (Å²) >= 11 is 12.4. The normalized spacial score (nSPS) is 11.2. The molecule has 0 spiro atoms. The first-order chi connectivity index (χ1) is 11.6. The van der Waals surface area contributed by atoms with E-state index in [-0.39, 0.29) is 5.96 Å². The number of H-pyrrole nitrogens is 1. The van der Waals surface area contributed by atoms with Gasteiger partial charge >= 0.3 is 0 Å². The minimum absolute atomic E-state index is 0.0776. The number of hydrogen-bond acceptors (Lipinski definition) is 2. The third-order valence-electron chi connectivity index (χ3n) is 3.56. The van der Waals surface area contributed by atoms with E-state index in [1.54, 1.807) is 12.3 Å². The van der Waals surface area contributed by atoms with Crippen LogP contribution in [0, 0.1) is 0 Å². The Morgan fingerprint density at radius 3 is 2.67 bits per heavy atom. The molecule has 5 nitrogen and oxygen atoms in total. The summed E-state index contributed by atoms with van der Waals surface area (Å²) in [6.07, 6.45) is 2.21. The lowest BCUT2D eigenvalue weighted by atomic mass is 10.0.